The summed E-state index contributed by atoms with van der Waals surface area (Å²) >= 11 is 0. The van der Waals surface area contributed by atoms with Crippen LogP contribution in [0.25, 0.3) is 22.4 Å². The van der Waals surface area contributed by atoms with E-state index in [0.29, 0.717) is 24.6 Å². The van der Waals surface area contributed by atoms with Crippen LogP contribution >= 0.6 is 0 Å². The normalized spacial score (nSPS) is 13.2. The van der Waals surface area contributed by atoms with Gasteiger partial charge in [0.15, 0.2) is 5.82 Å². The number of carbonyl (C=O) groups is 1. The standard InChI is InChI=1S/C20H20FN5O2/c1-13(2)28-20(27)26-12-11-25-19(24-26)17(14-7-9-22-10-8-14)18(23-25)15-3-5-16(21)6-4-15/h3-10,13,24H,11-12H2,1-2H3. The third-order valence-corrected chi connectivity index (χ3v) is 4.37. The first-order valence-corrected chi connectivity index (χ1v) is 9.05. The Hall–Kier alpha value is -3.42. The van der Waals surface area contributed by atoms with E-state index in [2.05, 4.69) is 10.4 Å². The number of amides is 1. The Kier molecular flexibility index (Phi) is 4.68. The molecule has 0 bridgehead atoms. The van der Waals surface area contributed by atoms with Crippen LogP contribution in [-0.2, 0) is 11.3 Å². The fourth-order valence-electron chi connectivity index (χ4n) is 3.12. The summed E-state index contributed by atoms with van der Waals surface area (Å²) in [7, 11) is 0. The lowest BCUT2D eigenvalue weighted by Crippen LogP contribution is -2.44. The van der Waals surface area contributed by atoms with Crippen LogP contribution in [0, 0.1) is 5.82 Å². The molecule has 1 N–H and O–H groups in total. The molecule has 28 heavy (non-hydrogen) atoms. The van der Waals surface area contributed by atoms with Gasteiger partial charge in [0, 0.05) is 18.0 Å². The maximum Gasteiger partial charge on any atom is 0.428 e. The van der Waals surface area contributed by atoms with Gasteiger partial charge in [-0.25, -0.2) is 18.9 Å². The van der Waals surface area contributed by atoms with Crippen LogP contribution < -0.4 is 5.43 Å². The predicted octanol–water partition coefficient (Wildman–Crippen LogP) is 3.94. The zero-order valence-electron chi connectivity index (χ0n) is 15.6. The van der Waals surface area contributed by atoms with E-state index in [1.54, 1.807) is 38.4 Å². The van der Waals surface area contributed by atoms with Crippen LogP contribution in [-0.4, -0.2) is 38.5 Å². The molecule has 1 aliphatic rings. The van der Waals surface area contributed by atoms with Crippen molar-refractivity contribution in [2.24, 2.45) is 0 Å². The number of nitrogens with zero attached hydrogens (tertiary/aromatic N) is 4. The minimum atomic E-state index is -0.438. The van der Waals surface area contributed by atoms with Crippen molar-refractivity contribution in [3.63, 3.8) is 0 Å². The zero-order chi connectivity index (χ0) is 19.7. The highest BCUT2D eigenvalue weighted by atomic mass is 19.1. The molecule has 8 heteroatoms. The number of hydrogen-bond donors (Lipinski definition) is 1. The third kappa shape index (κ3) is 3.40. The summed E-state index contributed by atoms with van der Waals surface area (Å²) < 4.78 is 20.5. The minimum absolute atomic E-state index is 0.212. The molecule has 0 radical (unpaired) electrons. The Morgan fingerprint density at radius 2 is 1.82 bits per heavy atom. The summed E-state index contributed by atoms with van der Waals surface area (Å²) in [6, 6.07) is 9.95. The van der Waals surface area contributed by atoms with Crippen molar-refractivity contribution in [2.45, 2.75) is 26.5 Å². The molecule has 1 aromatic carbocycles. The van der Waals surface area contributed by atoms with E-state index in [0.717, 1.165) is 16.7 Å². The molecule has 3 heterocycles. The van der Waals surface area contributed by atoms with Gasteiger partial charge in [-0.15, -0.1) is 0 Å². The van der Waals surface area contributed by atoms with Gasteiger partial charge in [-0.05, 0) is 55.8 Å². The lowest BCUT2D eigenvalue weighted by molar-refractivity contribution is 0.0801. The molecule has 0 atom stereocenters. The molecule has 4 rings (SSSR count). The average Bonchev–Trinajstić information content (AvgIpc) is 3.07. The summed E-state index contributed by atoms with van der Waals surface area (Å²) in [4.78, 5) is 16.4. The number of fused-ring (bicyclic) bond motifs is 1. The molecule has 0 aliphatic carbocycles. The van der Waals surface area contributed by atoms with E-state index in [1.165, 1.54) is 17.1 Å². The molecular weight excluding hydrogens is 361 g/mol. The molecule has 0 fully saturated rings. The molecule has 3 aromatic rings. The quantitative estimate of drug-likeness (QED) is 0.744. The van der Waals surface area contributed by atoms with Gasteiger partial charge in [0.1, 0.15) is 11.5 Å². The Morgan fingerprint density at radius 3 is 2.50 bits per heavy atom. The Labute approximate surface area is 161 Å². The number of benzene rings is 1. The van der Waals surface area contributed by atoms with Gasteiger partial charge < -0.3 is 4.74 Å². The fraction of sp³-hybridized carbons (Fsp3) is 0.250. The van der Waals surface area contributed by atoms with Gasteiger partial charge in [-0.1, -0.05) is 0 Å². The molecular formula is C20H20FN5O2. The monoisotopic (exact) mass is 381 g/mol. The first-order chi connectivity index (χ1) is 13.5. The number of carbonyl (C=O) groups excluding carboxylic acids is 1. The number of ether oxygens (including phenoxy) is 1. The highest BCUT2D eigenvalue weighted by molar-refractivity contribution is 5.89. The van der Waals surface area contributed by atoms with Crippen molar-refractivity contribution in [3.05, 3.63) is 54.6 Å². The van der Waals surface area contributed by atoms with Gasteiger partial charge in [-0.2, -0.15) is 5.10 Å². The van der Waals surface area contributed by atoms with Crippen molar-refractivity contribution in [1.82, 2.24) is 19.8 Å². The van der Waals surface area contributed by atoms with E-state index in [4.69, 9.17) is 9.84 Å². The Balaban J connectivity index is 1.79. The average molecular weight is 381 g/mol. The summed E-state index contributed by atoms with van der Waals surface area (Å²) in [5.74, 6) is 0.372. The van der Waals surface area contributed by atoms with Gasteiger partial charge in [0.25, 0.3) is 0 Å². The first-order valence-electron chi connectivity index (χ1n) is 9.05. The highest BCUT2D eigenvalue weighted by Crippen LogP contribution is 2.39. The summed E-state index contributed by atoms with van der Waals surface area (Å²) in [5.41, 5.74) is 6.33. The van der Waals surface area contributed by atoms with E-state index < -0.39 is 6.09 Å². The van der Waals surface area contributed by atoms with Crippen molar-refractivity contribution in [3.8, 4) is 22.4 Å². The smallest absolute Gasteiger partial charge is 0.428 e. The van der Waals surface area contributed by atoms with E-state index in [9.17, 15) is 9.18 Å². The molecule has 0 unspecified atom stereocenters. The summed E-state index contributed by atoms with van der Waals surface area (Å²) in [6.45, 7) is 4.54. The molecule has 1 amide bonds. The number of aromatic nitrogens is 3. The minimum Gasteiger partial charge on any atom is -0.445 e. The maximum absolute atomic E-state index is 13.4. The van der Waals surface area contributed by atoms with Crippen molar-refractivity contribution in [1.29, 1.82) is 0 Å². The van der Waals surface area contributed by atoms with Crippen LogP contribution in [0.1, 0.15) is 13.8 Å². The molecule has 144 valence electrons. The zero-order valence-corrected chi connectivity index (χ0v) is 15.6. The Bertz CT molecular complexity index is 986. The summed E-state index contributed by atoms with van der Waals surface area (Å²) in [6.07, 6.45) is 2.74. The van der Waals surface area contributed by atoms with Gasteiger partial charge in [0.05, 0.1) is 24.8 Å². The number of rotatable bonds is 3. The summed E-state index contributed by atoms with van der Waals surface area (Å²) in [5, 5.41) is 6.15. The van der Waals surface area contributed by atoms with Crippen molar-refractivity contribution in [2.75, 3.05) is 12.0 Å². The molecule has 0 spiro atoms. The second-order valence-corrected chi connectivity index (χ2v) is 6.73. The van der Waals surface area contributed by atoms with Crippen molar-refractivity contribution < 1.29 is 13.9 Å². The number of nitrogens with one attached hydrogen (secondary N) is 1. The second-order valence-electron chi connectivity index (χ2n) is 6.73. The first kappa shape index (κ1) is 18.0. The molecule has 1 aliphatic heterocycles. The van der Waals surface area contributed by atoms with E-state index >= 15 is 0 Å². The van der Waals surface area contributed by atoms with E-state index in [1.807, 2.05) is 16.8 Å². The van der Waals surface area contributed by atoms with Gasteiger partial charge >= 0.3 is 6.09 Å². The van der Waals surface area contributed by atoms with Crippen molar-refractivity contribution >= 4 is 11.9 Å². The van der Waals surface area contributed by atoms with Crippen LogP contribution in [0.5, 0.6) is 0 Å². The van der Waals surface area contributed by atoms with Crippen LogP contribution in [0.4, 0.5) is 15.0 Å². The number of hydrogen-bond acceptors (Lipinski definition) is 5. The Morgan fingerprint density at radius 1 is 1.11 bits per heavy atom. The SMILES string of the molecule is CC(C)OC(=O)N1CCn2nc(-c3ccc(F)cc3)c(-c3ccncc3)c2N1. The number of hydrazine groups is 1. The third-order valence-electron chi connectivity index (χ3n) is 4.37. The molecule has 7 nitrogen and oxygen atoms in total. The van der Waals surface area contributed by atoms with E-state index in [-0.39, 0.29) is 11.9 Å². The molecule has 0 saturated carbocycles. The highest BCUT2D eigenvalue weighted by Gasteiger charge is 2.28. The lowest BCUT2D eigenvalue weighted by Gasteiger charge is -2.29. The maximum atomic E-state index is 13.4. The largest absolute Gasteiger partial charge is 0.445 e. The fourth-order valence-corrected chi connectivity index (χ4v) is 3.12. The lowest BCUT2D eigenvalue weighted by atomic mass is 10.0. The van der Waals surface area contributed by atoms with Gasteiger partial charge in [-0.3, -0.25) is 10.4 Å². The molecule has 2 aromatic heterocycles. The van der Waals surface area contributed by atoms with Gasteiger partial charge in [0.2, 0.25) is 0 Å². The molecule has 0 saturated heterocycles. The second kappa shape index (κ2) is 7.30. The predicted molar refractivity (Wildman–Crippen MR) is 103 cm³/mol. The number of pyridine rings is 1. The van der Waals surface area contributed by atoms with Crippen LogP contribution in [0.2, 0.25) is 0 Å². The van der Waals surface area contributed by atoms with Crippen LogP contribution in [0.15, 0.2) is 48.8 Å². The topological polar surface area (TPSA) is 72.3 Å². The number of halogens is 1. The number of anilines is 1. The van der Waals surface area contributed by atoms with Crippen LogP contribution in [0.3, 0.4) is 0 Å².